The molecule has 0 aromatic carbocycles. The molecule has 0 aliphatic carbocycles. The second-order valence-corrected chi connectivity index (χ2v) is 3.33. The number of rotatable bonds is 3. The number of thiol groups is 1. The van der Waals surface area contributed by atoms with Gasteiger partial charge in [-0.05, 0) is 18.2 Å². The molecule has 0 bridgehead atoms. The van der Waals surface area contributed by atoms with E-state index in [2.05, 4.69) is 12.6 Å². The zero-order chi connectivity index (χ0) is 5.70. The Morgan fingerprint density at radius 3 is 2.14 bits per heavy atom. The van der Waals surface area contributed by atoms with Crippen molar-refractivity contribution >= 4 is 21.9 Å². The maximum absolute atomic E-state index is 8.34. The molecular formula is C3H10O2SSi. The Kier molecular flexibility index (Phi) is 4.96. The lowest BCUT2D eigenvalue weighted by molar-refractivity contribution is 0.405. The van der Waals surface area contributed by atoms with E-state index in [0.29, 0.717) is 6.04 Å². The first-order valence-corrected chi connectivity index (χ1v) is 4.72. The molecule has 0 fully saturated rings. The van der Waals surface area contributed by atoms with Gasteiger partial charge < -0.3 is 9.59 Å². The highest BCUT2D eigenvalue weighted by Gasteiger charge is 1.97. The van der Waals surface area contributed by atoms with Crippen LogP contribution in [0.25, 0.3) is 0 Å². The molecule has 0 aromatic heterocycles. The fourth-order valence-electron chi connectivity index (χ4n) is 0.274. The molecule has 0 radical (unpaired) electrons. The van der Waals surface area contributed by atoms with E-state index in [1.54, 1.807) is 0 Å². The summed E-state index contributed by atoms with van der Waals surface area (Å²) in [7, 11) is -2.24. The highest BCUT2D eigenvalue weighted by Crippen LogP contribution is 1.92. The molecule has 0 aliphatic rings. The standard InChI is InChI=1S/C3H10O2SSi/c4-7(5)3-1-2-6/h4-7H,1-3H2. The summed E-state index contributed by atoms with van der Waals surface area (Å²) in [6.07, 6.45) is 0.826. The average molecular weight is 138 g/mol. The van der Waals surface area contributed by atoms with E-state index in [0.717, 1.165) is 12.2 Å². The Morgan fingerprint density at radius 2 is 2.00 bits per heavy atom. The smallest absolute Gasteiger partial charge is 0.316 e. The van der Waals surface area contributed by atoms with Gasteiger partial charge in [0, 0.05) is 0 Å². The van der Waals surface area contributed by atoms with Crippen molar-refractivity contribution in [2.45, 2.75) is 12.5 Å². The zero-order valence-corrected chi connectivity index (χ0v) is 6.09. The second-order valence-electron chi connectivity index (χ2n) is 1.35. The SMILES string of the molecule is O[SiH](O)CCCS. The van der Waals surface area contributed by atoms with Gasteiger partial charge in [0.1, 0.15) is 0 Å². The van der Waals surface area contributed by atoms with Crippen LogP contribution < -0.4 is 0 Å². The second kappa shape index (κ2) is 4.64. The molecule has 0 amide bonds. The van der Waals surface area contributed by atoms with Gasteiger partial charge in [-0.1, -0.05) is 0 Å². The summed E-state index contributed by atoms with van der Waals surface area (Å²) in [6.45, 7) is 0. The van der Waals surface area contributed by atoms with Crippen molar-refractivity contribution in [3.8, 4) is 0 Å². The van der Waals surface area contributed by atoms with Crippen molar-refractivity contribution in [1.82, 2.24) is 0 Å². The third kappa shape index (κ3) is 6.49. The Labute approximate surface area is 50.4 Å². The van der Waals surface area contributed by atoms with Gasteiger partial charge in [0.2, 0.25) is 0 Å². The van der Waals surface area contributed by atoms with E-state index in [9.17, 15) is 0 Å². The average Bonchev–Trinajstić information content (AvgIpc) is 1.61. The first kappa shape index (κ1) is 7.49. The summed E-state index contributed by atoms with van der Waals surface area (Å²) in [5, 5.41) is 0. The molecule has 7 heavy (non-hydrogen) atoms. The molecule has 0 rings (SSSR count). The summed E-state index contributed by atoms with van der Waals surface area (Å²) in [5.41, 5.74) is 0. The lowest BCUT2D eigenvalue weighted by Crippen LogP contribution is -2.09. The van der Waals surface area contributed by atoms with Crippen LogP contribution in [0.4, 0.5) is 0 Å². The summed E-state index contributed by atoms with van der Waals surface area (Å²) in [4.78, 5) is 16.7. The van der Waals surface area contributed by atoms with E-state index < -0.39 is 9.28 Å². The fraction of sp³-hybridized carbons (Fsp3) is 1.00. The Balaban J connectivity index is 2.68. The summed E-state index contributed by atoms with van der Waals surface area (Å²) in [6, 6.07) is 0.573. The summed E-state index contributed by atoms with van der Waals surface area (Å²) >= 11 is 3.90. The Hall–Kier alpha value is 0.487. The third-order valence-electron chi connectivity index (χ3n) is 0.620. The van der Waals surface area contributed by atoms with E-state index in [1.807, 2.05) is 0 Å². The molecule has 44 valence electrons. The van der Waals surface area contributed by atoms with Gasteiger partial charge in [0.25, 0.3) is 0 Å². The molecular weight excluding hydrogens is 128 g/mol. The minimum absolute atomic E-state index is 0.573. The van der Waals surface area contributed by atoms with E-state index in [-0.39, 0.29) is 0 Å². The molecule has 0 heterocycles. The van der Waals surface area contributed by atoms with Gasteiger partial charge in [0.05, 0.1) is 0 Å². The van der Waals surface area contributed by atoms with Crippen molar-refractivity contribution in [1.29, 1.82) is 0 Å². The van der Waals surface area contributed by atoms with E-state index in [4.69, 9.17) is 9.59 Å². The van der Waals surface area contributed by atoms with Gasteiger partial charge in [-0.3, -0.25) is 0 Å². The van der Waals surface area contributed by atoms with Crippen LogP contribution in [0.1, 0.15) is 6.42 Å². The molecule has 0 unspecified atom stereocenters. The van der Waals surface area contributed by atoms with Crippen LogP contribution in [0.15, 0.2) is 0 Å². The Bertz CT molecular complexity index is 41.9. The van der Waals surface area contributed by atoms with Crippen LogP contribution in [0.5, 0.6) is 0 Å². The first-order valence-electron chi connectivity index (χ1n) is 2.24. The molecule has 0 aromatic rings. The Morgan fingerprint density at radius 1 is 1.43 bits per heavy atom. The maximum Gasteiger partial charge on any atom is 0.316 e. The van der Waals surface area contributed by atoms with Crippen molar-refractivity contribution in [2.75, 3.05) is 5.75 Å². The van der Waals surface area contributed by atoms with Gasteiger partial charge >= 0.3 is 9.28 Å². The highest BCUT2D eigenvalue weighted by molar-refractivity contribution is 7.80. The lowest BCUT2D eigenvalue weighted by Gasteiger charge is -1.94. The molecule has 0 saturated heterocycles. The zero-order valence-electron chi connectivity index (χ0n) is 4.04. The first-order chi connectivity index (χ1) is 3.27. The monoisotopic (exact) mass is 138 g/mol. The molecule has 4 heteroatoms. The number of hydrogen-bond acceptors (Lipinski definition) is 3. The van der Waals surface area contributed by atoms with Gasteiger partial charge in [-0.15, -0.1) is 0 Å². The molecule has 2 N–H and O–H groups in total. The summed E-state index contributed by atoms with van der Waals surface area (Å²) < 4.78 is 0. The van der Waals surface area contributed by atoms with Crippen LogP contribution in [0.2, 0.25) is 6.04 Å². The number of hydrogen-bond donors (Lipinski definition) is 3. The van der Waals surface area contributed by atoms with Crippen LogP contribution in [-0.2, 0) is 0 Å². The fourth-order valence-corrected chi connectivity index (χ4v) is 1.37. The largest absolute Gasteiger partial charge is 0.413 e. The molecule has 2 nitrogen and oxygen atoms in total. The van der Waals surface area contributed by atoms with E-state index >= 15 is 0 Å². The van der Waals surface area contributed by atoms with Crippen molar-refractivity contribution in [3.63, 3.8) is 0 Å². The van der Waals surface area contributed by atoms with Crippen molar-refractivity contribution < 1.29 is 9.59 Å². The van der Waals surface area contributed by atoms with Crippen LogP contribution in [-0.4, -0.2) is 24.6 Å². The van der Waals surface area contributed by atoms with Crippen molar-refractivity contribution in [2.24, 2.45) is 0 Å². The highest BCUT2D eigenvalue weighted by atomic mass is 32.1. The lowest BCUT2D eigenvalue weighted by atomic mass is 10.6. The molecule has 0 aliphatic heterocycles. The minimum atomic E-state index is -2.24. The maximum atomic E-state index is 8.34. The predicted molar refractivity (Wildman–Crippen MR) is 34.9 cm³/mol. The van der Waals surface area contributed by atoms with E-state index in [1.165, 1.54) is 0 Å². The van der Waals surface area contributed by atoms with Crippen LogP contribution >= 0.6 is 12.6 Å². The third-order valence-corrected chi connectivity index (χ3v) is 1.86. The van der Waals surface area contributed by atoms with Crippen LogP contribution in [0, 0.1) is 0 Å². The normalized spacial score (nSPS) is 10.3. The van der Waals surface area contributed by atoms with Gasteiger partial charge in [0.15, 0.2) is 0 Å². The van der Waals surface area contributed by atoms with Gasteiger partial charge in [-0.2, -0.15) is 12.6 Å². The van der Waals surface area contributed by atoms with Gasteiger partial charge in [-0.25, -0.2) is 0 Å². The van der Waals surface area contributed by atoms with Crippen LogP contribution in [0.3, 0.4) is 0 Å². The summed E-state index contributed by atoms with van der Waals surface area (Å²) in [5.74, 6) is 0.755. The molecule has 0 atom stereocenters. The minimum Gasteiger partial charge on any atom is -0.413 e. The molecule has 0 spiro atoms. The predicted octanol–water partition coefficient (Wildman–Crippen LogP) is -0.489. The quantitative estimate of drug-likeness (QED) is 0.364. The molecule has 0 saturated carbocycles. The topological polar surface area (TPSA) is 40.5 Å². The van der Waals surface area contributed by atoms with Crippen molar-refractivity contribution in [3.05, 3.63) is 0 Å².